The van der Waals surface area contributed by atoms with E-state index in [1.165, 1.54) is 28.8 Å². The van der Waals surface area contributed by atoms with Gasteiger partial charge in [0.15, 0.2) is 5.78 Å². The third kappa shape index (κ3) is 8.62. The Labute approximate surface area is 250 Å². The van der Waals surface area contributed by atoms with Gasteiger partial charge in [-0.05, 0) is 110 Å². The van der Waals surface area contributed by atoms with Gasteiger partial charge in [-0.1, -0.05) is 36.4 Å². The maximum absolute atomic E-state index is 13.3. The van der Waals surface area contributed by atoms with E-state index in [2.05, 4.69) is 34.1 Å². The van der Waals surface area contributed by atoms with Crippen molar-refractivity contribution in [3.05, 3.63) is 106 Å². The van der Waals surface area contributed by atoms with Crippen molar-refractivity contribution in [2.75, 3.05) is 19.6 Å². The number of hydrogen-bond donors (Lipinski definition) is 0. The largest absolute Gasteiger partial charge is 0.299 e. The first kappa shape index (κ1) is 31.8. The van der Waals surface area contributed by atoms with E-state index in [0.29, 0.717) is 17.9 Å². The molecule has 0 N–H and O–H groups in total. The highest BCUT2D eigenvalue weighted by Crippen LogP contribution is 2.26. The van der Waals surface area contributed by atoms with Crippen LogP contribution in [0.25, 0.3) is 0 Å². The molecule has 0 aliphatic carbocycles. The molecule has 40 heavy (non-hydrogen) atoms. The SMILES string of the molecule is Cl.Cl.N#Cc1cccc(CN2CCC(CCC(=O)c3ccc4c(c3)CN(Cc3ccc(F)cc3)CCC4)CC2)c1. The Morgan fingerprint density at radius 1 is 0.875 bits per heavy atom. The Morgan fingerprint density at radius 2 is 1.62 bits per heavy atom. The van der Waals surface area contributed by atoms with Crippen LogP contribution in [0.1, 0.15) is 70.3 Å². The lowest BCUT2D eigenvalue weighted by atomic mass is 9.89. The van der Waals surface area contributed by atoms with E-state index in [4.69, 9.17) is 5.26 Å². The van der Waals surface area contributed by atoms with Gasteiger partial charge in [-0.25, -0.2) is 4.39 Å². The lowest BCUT2D eigenvalue weighted by molar-refractivity contribution is 0.0961. The highest BCUT2D eigenvalue weighted by molar-refractivity contribution is 5.96. The Balaban J connectivity index is 0.00000220. The van der Waals surface area contributed by atoms with E-state index < -0.39 is 0 Å². The fraction of sp³-hybridized carbons (Fsp3) is 0.394. The minimum atomic E-state index is -0.203. The average molecular weight is 583 g/mol. The normalized spacial score (nSPS) is 16.1. The van der Waals surface area contributed by atoms with Crippen molar-refractivity contribution in [3.63, 3.8) is 0 Å². The maximum Gasteiger partial charge on any atom is 0.162 e. The topological polar surface area (TPSA) is 47.3 Å². The van der Waals surface area contributed by atoms with Crippen LogP contribution in [0.3, 0.4) is 0 Å². The van der Waals surface area contributed by atoms with Crippen molar-refractivity contribution in [1.29, 1.82) is 5.26 Å². The molecule has 0 unspecified atom stereocenters. The monoisotopic (exact) mass is 581 g/mol. The number of carbonyl (C=O) groups excluding carboxylic acids is 1. The van der Waals surface area contributed by atoms with Gasteiger partial charge in [0, 0.05) is 31.6 Å². The number of nitrogens with zero attached hydrogens (tertiary/aromatic N) is 3. The molecule has 2 aliphatic heterocycles. The summed E-state index contributed by atoms with van der Waals surface area (Å²) < 4.78 is 13.3. The first-order valence-corrected chi connectivity index (χ1v) is 13.9. The zero-order valence-corrected chi connectivity index (χ0v) is 24.5. The molecule has 0 spiro atoms. The summed E-state index contributed by atoms with van der Waals surface area (Å²) in [5.41, 5.74) is 6.46. The molecule has 2 heterocycles. The van der Waals surface area contributed by atoms with Crippen LogP contribution < -0.4 is 0 Å². The maximum atomic E-state index is 13.3. The zero-order valence-electron chi connectivity index (χ0n) is 22.9. The van der Waals surface area contributed by atoms with Crippen LogP contribution >= 0.6 is 24.8 Å². The van der Waals surface area contributed by atoms with Crippen molar-refractivity contribution in [3.8, 4) is 6.07 Å². The van der Waals surface area contributed by atoms with Gasteiger partial charge < -0.3 is 0 Å². The molecule has 1 fully saturated rings. The minimum absolute atomic E-state index is 0. The van der Waals surface area contributed by atoms with E-state index in [-0.39, 0.29) is 36.4 Å². The van der Waals surface area contributed by atoms with Crippen molar-refractivity contribution in [2.45, 2.75) is 58.2 Å². The summed E-state index contributed by atoms with van der Waals surface area (Å²) >= 11 is 0. The van der Waals surface area contributed by atoms with Crippen LogP contribution in [-0.2, 0) is 26.1 Å². The summed E-state index contributed by atoms with van der Waals surface area (Å²) in [6.07, 6.45) is 5.91. The number of piperidine rings is 1. The van der Waals surface area contributed by atoms with Crippen LogP contribution in [0.2, 0.25) is 0 Å². The number of hydrogen-bond acceptors (Lipinski definition) is 4. The fourth-order valence-corrected chi connectivity index (χ4v) is 5.90. The molecule has 7 heteroatoms. The van der Waals surface area contributed by atoms with Crippen molar-refractivity contribution in [1.82, 2.24) is 9.80 Å². The van der Waals surface area contributed by atoms with Gasteiger partial charge >= 0.3 is 0 Å². The number of Topliss-reactive ketones (excluding diaryl/α,β-unsaturated/α-hetero) is 1. The van der Waals surface area contributed by atoms with Crippen molar-refractivity contribution in [2.24, 2.45) is 5.92 Å². The Bertz CT molecular complexity index is 1300. The van der Waals surface area contributed by atoms with E-state index in [1.807, 2.05) is 36.4 Å². The molecule has 3 aromatic rings. The predicted octanol–water partition coefficient (Wildman–Crippen LogP) is 7.36. The Hall–Kier alpha value is -2.75. The molecule has 0 atom stereocenters. The van der Waals surface area contributed by atoms with Crippen LogP contribution in [0.4, 0.5) is 4.39 Å². The number of nitriles is 1. The zero-order chi connectivity index (χ0) is 26.3. The van der Waals surface area contributed by atoms with Gasteiger partial charge in [0.1, 0.15) is 5.82 Å². The highest BCUT2D eigenvalue weighted by atomic mass is 35.5. The number of aryl methyl sites for hydroxylation is 1. The van der Waals surface area contributed by atoms with E-state index in [0.717, 1.165) is 82.5 Å². The predicted molar refractivity (Wildman–Crippen MR) is 162 cm³/mol. The molecule has 1 saturated heterocycles. The number of carbonyl (C=O) groups is 1. The number of rotatable bonds is 8. The highest BCUT2D eigenvalue weighted by Gasteiger charge is 2.21. The van der Waals surface area contributed by atoms with Crippen LogP contribution in [0.5, 0.6) is 0 Å². The van der Waals surface area contributed by atoms with E-state index in [1.54, 1.807) is 0 Å². The van der Waals surface area contributed by atoms with Crippen LogP contribution in [-0.4, -0.2) is 35.2 Å². The molecule has 0 aromatic heterocycles. The molecule has 0 saturated carbocycles. The molecule has 0 amide bonds. The minimum Gasteiger partial charge on any atom is -0.299 e. The number of fused-ring (bicyclic) bond motifs is 1. The standard InChI is InChI=1S/C33H36FN3O.2ClH/c34-32-11-6-26(7-12-32)22-37-16-2-5-29-9-10-30(20-31(29)24-37)33(38)13-8-25-14-17-36(18-15-25)23-28-4-1-3-27(19-28)21-35;;/h1,3-4,6-7,9-12,19-20,25H,2,5,8,13-18,22-24H2;2*1H. The summed E-state index contributed by atoms with van der Waals surface area (Å²) in [6, 6.07) is 23.2. The number of ketones is 1. The van der Waals surface area contributed by atoms with E-state index >= 15 is 0 Å². The van der Waals surface area contributed by atoms with Gasteiger partial charge in [-0.2, -0.15) is 5.26 Å². The quantitative estimate of drug-likeness (QED) is 0.261. The first-order chi connectivity index (χ1) is 18.6. The first-order valence-electron chi connectivity index (χ1n) is 13.9. The van der Waals surface area contributed by atoms with Gasteiger partial charge in [-0.15, -0.1) is 24.8 Å². The Kier molecular flexibility index (Phi) is 12.2. The van der Waals surface area contributed by atoms with Gasteiger partial charge in [0.25, 0.3) is 0 Å². The molecule has 4 nitrogen and oxygen atoms in total. The molecule has 5 rings (SSSR count). The van der Waals surface area contributed by atoms with Gasteiger partial charge in [-0.3, -0.25) is 14.6 Å². The Morgan fingerprint density at radius 3 is 2.38 bits per heavy atom. The summed E-state index contributed by atoms with van der Waals surface area (Å²) in [4.78, 5) is 18.0. The lowest BCUT2D eigenvalue weighted by Crippen LogP contribution is -2.33. The smallest absolute Gasteiger partial charge is 0.162 e. The summed E-state index contributed by atoms with van der Waals surface area (Å²) in [7, 11) is 0. The third-order valence-electron chi connectivity index (χ3n) is 8.11. The van der Waals surface area contributed by atoms with Gasteiger partial charge in [0.2, 0.25) is 0 Å². The molecule has 0 bridgehead atoms. The second kappa shape index (κ2) is 15.3. The number of benzene rings is 3. The second-order valence-corrected chi connectivity index (χ2v) is 10.9. The number of likely N-dealkylation sites (tertiary alicyclic amines) is 1. The summed E-state index contributed by atoms with van der Waals surface area (Å²) in [5.74, 6) is 0.636. The molecule has 3 aromatic carbocycles. The summed E-state index contributed by atoms with van der Waals surface area (Å²) in [6.45, 7) is 5.58. The van der Waals surface area contributed by atoms with Crippen molar-refractivity contribution >= 4 is 30.6 Å². The lowest BCUT2D eigenvalue weighted by Gasteiger charge is -2.32. The van der Waals surface area contributed by atoms with Crippen LogP contribution in [0, 0.1) is 23.1 Å². The summed E-state index contributed by atoms with van der Waals surface area (Å²) in [5, 5.41) is 9.13. The molecular weight excluding hydrogens is 544 g/mol. The van der Waals surface area contributed by atoms with Gasteiger partial charge in [0.05, 0.1) is 11.6 Å². The fourth-order valence-electron chi connectivity index (χ4n) is 5.90. The third-order valence-corrected chi connectivity index (χ3v) is 8.11. The second-order valence-electron chi connectivity index (χ2n) is 10.9. The van der Waals surface area contributed by atoms with Crippen LogP contribution in [0.15, 0.2) is 66.7 Å². The molecule has 212 valence electrons. The molecular formula is C33H38Cl2FN3O. The molecule has 0 radical (unpaired) electrons. The van der Waals surface area contributed by atoms with Crippen molar-refractivity contribution < 1.29 is 9.18 Å². The molecule has 2 aliphatic rings. The van der Waals surface area contributed by atoms with E-state index in [9.17, 15) is 9.18 Å². The average Bonchev–Trinajstić information content (AvgIpc) is 3.15. The number of halogens is 3.